The molecule has 2 aromatic rings. The first-order valence-corrected chi connectivity index (χ1v) is 5.37. The number of nitrogens with zero attached hydrogens (tertiary/aromatic N) is 2. The van der Waals surface area contributed by atoms with Crippen LogP contribution in [0.25, 0.3) is 11.4 Å². The van der Waals surface area contributed by atoms with Crippen molar-refractivity contribution in [1.29, 1.82) is 0 Å². The zero-order valence-corrected chi connectivity index (χ0v) is 9.68. The van der Waals surface area contributed by atoms with Gasteiger partial charge in [0.15, 0.2) is 0 Å². The molecule has 0 aromatic carbocycles. The molecule has 2 heterocycles. The molecule has 0 radical (unpaired) electrons. The van der Waals surface area contributed by atoms with Gasteiger partial charge >= 0.3 is 5.69 Å². The molecular weight excluding hydrogens is 218 g/mol. The Kier molecular flexibility index (Phi) is 2.91. The van der Waals surface area contributed by atoms with E-state index >= 15 is 0 Å². The Labute approximate surface area is 97.8 Å². The molecule has 0 aliphatic rings. The Morgan fingerprint density at radius 1 is 1.29 bits per heavy atom. The highest BCUT2D eigenvalue weighted by Gasteiger charge is 2.08. The second-order valence-electron chi connectivity index (χ2n) is 4.01. The molecule has 5 heteroatoms. The van der Waals surface area contributed by atoms with Crippen LogP contribution in [0.5, 0.6) is 0 Å². The molecule has 0 fully saturated rings. The summed E-state index contributed by atoms with van der Waals surface area (Å²) < 4.78 is 1.17. The van der Waals surface area contributed by atoms with Crippen LogP contribution in [0.4, 0.5) is 0 Å². The Morgan fingerprint density at radius 3 is 2.59 bits per heavy atom. The highest BCUT2D eigenvalue weighted by atomic mass is 16.2. The van der Waals surface area contributed by atoms with Crippen LogP contribution < -0.4 is 11.2 Å². The van der Waals surface area contributed by atoms with Crippen LogP contribution in [0.3, 0.4) is 0 Å². The Morgan fingerprint density at radius 2 is 2.06 bits per heavy atom. The number of H-pyrrole nitrogens is 1. The van der Waals surface area contributed by atoms with E-state index in [1.807, 2.05) is 0 Å². The summed E-state index contributed by atoms with van der Waals surface area (Å²) in [5, 5.41) is 0. The van der Waals surface area contributed by atoms with Crippen LogP contribution in [-0.4, -0.2) is 14.5 Å². The molecule has 2 aromatic heterocycles. The van der Waals surface area contributed by atoms with E-state index in [0.717, 1.165) is 0 Å². The van der Waals surface area contributed by atoms with E-state index in [-0.39, 0.29) is 11.6 Å². The maximum absolute atomic E-state index is 11.8. The van der Waals surface area contributed by atoms with E-state index in [0.29, 0.717) is 11.4 Å². The van der Waals surface area contributed by atoms with Gasteiger partial charge in [0.25, 0.3) is 5.56 Å². The molecule has 88 valence electrons. The lowest BCUT2D eigenvalue weighted by Crippen LogP contribution is -2.36. The van der Waals surface area contributed by atoms with Gasteiger partial charge in [-0.2, -0.15) is 0 Å². The second-order valence-corrected chi connectivity index (χ2v) is 4.01. The SMILES string of the molecule is CC(C)n1c(=O)cc(-c2ccccn2)[nH]c1=O. The molecule has 0 spiro atoms. The maximum Gasteiger partial charge on any atom is 0.329 e. The lowest BCUT2D eigenvalue weighted by atomic mass is 10.2. The minimum absolute atomic E-state index is 0.163. The van der Waals surface area contributed by atoms with Crippen LogP contribution in [0.15, 0.2) is 40.1 Å². The average Bonchev–Trinajstić information content (AvgIpc) is 2.28. The predicted octanol–water partition coefficient (Wildman–Crippen LogP) is 1.18. The predicted molar refractivity (Wildman–Crippen MR) is 64.9 cm³/mol. The fourth-order valence-electron chi connectivity index (χ4n) is 1.65. The van der Waals surface area contributed by atoms with E-state index < -0.39 is 5.69 Å². The number of rotatable bonds is 2. The highest BCUT2D eigenvalue weighted by Crippen LogP contribution is 2.09. The van der Waals surface area contributed by atoms with Gasteiger partial charge in [0.1, 0.15) is 0 Å². The van der Waals surface area contributed by atoms with Gasteiger partial charge in [-0.15, -0.1) is 0 Å². The Balaban J connectivity index is 2.62. The molecule has 2 rings (SSSR count). The number of hydrogen-bond acceptors (Lipinski definition) is 3. The smallest absolute Gasteiger partial charge is 0.305 e. The van der Waals surface area contributed by atoms with Gasteiger partial charge in [-0.3, -0.25) is 14.3 Å². The quantitative estimate of drug-likeness (QED) is 0.843. The van der Waals surface area contributed by atoms with Crippen LogP contribution in [0.2, 0.25) is 0 Å². The van der Waals surface area contributed by atoms with Crippen LogP contribution in [-0.2, 0) is 0 Å². The maximum atomic E-state index is 11.8. The molecular formula is C12H13N3O2. The van der Waals surface area contributed by atoms with E-state index in [9.17, 15) is 9.59 Å². The fourth-order valence-corrected chi connectivity index (χ4v) is 1.65. The Bertz CT molecular complexity index is 595. The van der Waals surface area contributed by atoms with Crippen LogP contribution >= 0.6 is 0 Å². The first kappa shape index (κ1) is 11.3. The zero-order chi connectivity index (χ0) is 12.4. The summed E-state index contributed by atoms with van der Waals surface area (Å²) in [5.74, 6) is 0. The molecule has 0 amide bonds. The van der Waals surface area contributed by atoms with Crippen LogP contribution in [0, 0.1) is 0 Å². The fraction of sp³-hybridized carbons (Fsp3) is 0.250. The van der Waals surface area contributed by atoms with Gasteiger partial charge in [0.05, 0.1) is 11.4 Å². The monoisotopic (exact) mass is 231 g/mol. The van der Waals surface area contributed by atoms with Crippen molar-refractivity contribution in [2.24, 2.45) is 0 Å². The molecule has 0 atom stereocenters. The number of hydrogen-bond donors (Lipinski definition) is 1. The third-order valence-corrected chi connectivity index (χ3v) is 2.42. The number of nitrogens with one attached hydrogen (secondary N) is 1. The molecule has 0 aliphatic carbocycles. The standard InChI is InChI=1S/C12H13N3O2/c1-8(2)15-11(16)7-10(14-12(15)17)9-5-3-4-6-13-9/h3-8H,1-2H3,(H,14,17). The summed E-state index contributed by atoms with van der Waals surface area (Å²) in [6.45, 7) is 3.58. The number of aromatic nitrogens is 3. The number of pyridine rings is 1. The van der Waals surface area contributed by atoms with Gasteiger partial charge in [0, 0.05) is 18.3 Å². The largest absolute Gasteiger partial charge is 0.329 e. The van der Waals surface area contributed by atoms with Gasteiger partial charge in [-0.1, -0.05) is 6.07 Å². The summed E-state index contributed by atoms with van der Waals surface area (Å²) in [4.78, 5) is 30.3. The van der Waals surface area contributed by atoms with Crippen molar-refractivity contribution in [3.63, 3.8) is 0 Å². The topological polar surface area (TPSA) is 67.8 Å². The third kappa shape index (κ3) is 2.18. The van der Waals surface area contributed by atoms with Gasteiger partial charge in [-0.25, -0.2) is 4.79 Å². The second kappa shape index (κ2) is 4.37. The van der Waals surface area contributed by atoms with Crippen molar-refractivity contribution in [1.82, 2.24) is 14.5 Å². The average molecular weight is 231 g/mol. The summed E-state index contributed by atoms with van der Waals surface area (Å²) in [6.07, 6.45) is 1.61. The summed E-state index contributed by atoms with van der Waals surface area (Å²) in [7, 11) is 0. The Hall–Kier alpha value is -2.17. The minimum atomic E-state index is -0.409. The lowest BCUT2D eigenvalue weighted by molar-refractivity contribution is 0.546. The van der Waals surface area contributed by atoms with E-state index in [4.69, 9.17) is 0 Å². The van der Waals surface area contributed by atoms with E-state index in [1.54, 1.807) is 38.2 Å². The van der Waals surface area contributed by atoms with Crippen molar-refractivity contribution in [2.45, 2.75) is 19.9 Å². The van der Waals surface area contributed by atoms with Gasteiger partial charge < -0.3 is 4.98 Å². The molecule has 17 heavy (non-hydrogen) atoms. The van der Waals surface area contributed by atoms with E-state index in [1.165, 1.54) is 10.6 Å². The summed E-state index contributed by atoms with van der Waals surface area (Å²) in [5.41, 5.74) is 0.299. The van der Waals surface area contributed by atoms with Crippen molar-refractivity contribution >= 4 is 0 Å². The summed E-state index contributed by atoms with van der Waals surface area (Å²) in [6, 6.07) is 6.55. The third-order valence-electron chi connectivity index (χ3n) is 2.42. The molecule has 0 aliphatic heterocycles. The van der Waals surface area contributed by atoms with E-state index in [2.05, 4.69) is 9.97 Å². The summed E-state index contributed by atoms with van der Waals surface area (Å²) >= 11 is 0. The van der Waals surface area contributed by atoms with Crippen molar-refractivity contribution in [3.8, 4) is 11.4 Å². The minimum Gasteiger partial charge on any atom is -0.305 e. The molecule has 5 nitrogen and oxygen atoms in total. The number of aromatic amines is 1. The molecule has 0 unspecified atom stereocenters. The first-order chi connectivity index (χ1) is 8.09. The zero-order valence-electron chi connectivity index (χ0n) is 9.68. The first-order valence-electron chi connectivity index (χ1n) is 5.37. The molecule has 1 N–H and O–H groups in total. The van der Waals surface area contributed by atoms with Crippen molar-refractivity contribution in [3.05, 3.63) is 51.3 Å². The highest BCUT2D eigenvalue weighted by molar-refractivity contribution is 5.52. The van der Waals surface area contributed by atoms with Gasteiger partial charge in [-0.05, 0) is 26.0 Å². The molecule has 0 saturated heterocycles. The lowest BCUT2D eigenvalue weighted by Gasteiger charge is -2.08. The van der Waals surface area contributed by atoms with Crippen molar-refractivity contribution in [2.75, 3.05) is 0 Å². The van der Waals surface area contributed by atoms with Gasteiger partial charge in [0.2, 0.25) is 0 Å². The van der Waals surface area contributed by atoms with Crippen LogP contribution in [0.1, 0.15) is 19.9 Å². The molecule has 0 bridgehead atoms. The van der Waals surface area contributed by atoms with Crippen molar-refractivity contribution < 1.29 is 0 Å². The molecule has 0 saturated carbocycles. The normalized spacial score (nSPS) is 10.8.